The molecular weight excluding hydrogens is 276 g/mol. The van der Waals surface area contributed by atoms with Gasteiger partial charge in [0.05, 0.1) is 12.8 Å². The zero-order chi connectivity index (χ0) is 15.1. The molecule has 1 aromatic carbocycles. The second-order valence-electron chi connectivity index (χ2n) is 4.22. The van der Waals surface area contributed by atoms with Crippen molar-refractivity contribution in [3.63, 3.8) is 0 Å². The molecule has 0 spiro atoms. The first-order chi connectivity index (χ1) is 10.2. The Hall–Kier alpha value is -2.45. The van der Waals surface area contributed by atoms with Gasteiger partial charge >= 0.3 is 0 Å². The van der Waals surface area contributed by atoms with Crippen molar-refractivity contribution in [1.29, 1.82) is 0 Å². The minimum Gasteiger partial charge on any atom is -0.487 e. The number of benzene rings is 1. The molecule has 2 rings (SSSR count). The van der Waals surface area contributed by atoms with Crippen LogP contribution in [0.5, 0.6) is 5.75 Å². The van der Waals surface area contributed by atoms with E-state index in [9.17, 15) is 8.78 Å². The molecule has 0 saturated carbocycles. The van der Waals surface area contributed by atoms with E-state index >= 15 is 0 Å². The smallest absolute Gasteiger partial charge is 0.159 e. The molecule has 0 radical (unpaired) electrons. The van der Waals surface area contributed by atoms with Crippen molar-refractivity contribution in [3.05, 3.63) is 59.4 Å². The Morgan fingerprint density at radius 1 is 1.14 bits per heavy atom. The predicted octanol–water partition coefficient (Wildman–Crippen LogP) is 2.67. The van der Waals surface area contributed by atoms with E-state index in [4.69, 9.17) is 9.84 Å². The molecule has 0 unspecified atom stereocenters. The number of hydrogen-bond acceptors (Lipinski definition) is 3. The standard InChI is InChI=1S/C16H13F2NO2/c17-15-5-4-13(8-16(15)18)11-21-14-7-12(9-19-10-14)3-1-2-6-20/h4-5,7-10,20H,2,6,11H2. The highest BCUT2D eigenvalue weighted by Crippen LogP contribution is 2.14. The number of halogens is 2. The van der Waals surface area contributed by atoms with E-state index in [0.29, 0.717) is 23.3 Å². The van der Waals surface area contributed by atoms with Gasteiger partial charge in [0.1, 0.15) is 12.4 Å². The van der Waals surface area contributed by atoms with Crippen molar-refractivity contribution < 1.29 is 18.6 Å². The van der Waals surface area contributed by atoms with E-state index in [0.717, 1.165) is 12.1 Å². The van der Waals surface area contributed by atoms with Crippen LogP contribution in [0.25, 0.3) is 0 Å². The summed E-state index contributed by atoms with van der Waals surface area (Å²) >= 11 is 0. The van der Waals surface area contributed by atoms with Crippen LogP contribution in [0.3, 0.4) is 0 Å². The van der Waals surface area contributed by atoms with Crippen molar-refractivity contribution in [2.24, 2.45) is 0 Å². The van der Waals surface area contributed by atoms with Crippen molar-refractivity contribution >= 4 is 0 Å². The van der Waals surface area contributed by atoms with Crippen molar-refractivity contribution in [2.75, 3.05) is 6.61 Å². The fourth-order valence-electron chi connectivity index (χ4n) is 1.58. The Morgan fingerprint density at radius 3 is 2.76 bits per heavy atom. The second-order valence-corrected chi connectivity index (χ2v) is 4.22. The number of aliphatic hydroxyl groups excluding tert-OH is 1. The van der Waals surface area contributed by atoms with Crippen LogP contribution in [0.2, 0.25) is 0 Å². The third-order valence-corrected chi connectivity index (χ3v) is 2.57. The molecule has 0 fully saturated rings. The van der Waals surface area contributed by atoms with E-state index in [2.05, 4.69) is 16.8 Å². The van der Waals surface area contributed by atoms with Gasteiger partial charge in [0, 0.05) is 18.2 Å². The molecule has 3 nitrogen and oxygen atoms in total. The molecule has 21 heavy (non-hydrogen) atoms. The number of aromatic nitrogens is 1. The van der Waals surface area contributed by atoms with E-state index < -0.39 is 11.6 Å². The van der Waals surface area contributed by atoms with Crippen LogP contribution in [0.4, 0.5) is 8.78 Å². The highest BCUT2D eigenvalue weighted by molar-refractivity contribution is 5.36. The normalized spacial score (nSPS) is 9.86. The molecule has 5 heteroatoms. The highest BCUT2D eigenvalue weighted by atomic mass is 19.2. The molecule has 0 aliphatic rings. The molecule has 1 aromatic heterocycles. The molecular formula is C16H13F2NO2. The monoisotopic (exact) mass is 289 g/mol. The molecule has 0 aliphatic heterocycles. The minimum absolute atomic E-state index is 0.00670. The van der Waals surface area contributed by atoms with Crippen LogP contribution in [-0.2, 0) is 6.61 Å². The number of aliphatic hydroxyl groups is 1. The first-order valence-electron chi connectivity index (χ1n) is 6.30. The summed E-state index contributed by atoms with van der Waals surface area (Å²) in [6.45, 7) is 0.110. The lowest BCUT2D eigenvalue weighted by atomic mass is 10.2. The molecule has 0 bridgehead atoms. The number of rotatable bonds is 4. The van der Waals surface area contributed by atoms with Crippen molar-refractivity contribution in [3.8, 4) is 17.6 Å². The number of hydrogen-bond donors (Lipinski definition) is 1. The van der Waals surface area contributed by atoms with Gasteiger partial charge in [-0.15, -0.1) is 0 Å². The van der Waals surface area contributed by atoms with E-state index in [1.165, 1.54) is 12.3 Å². The van der Waals surface area contributed by atoms with Crippen molar-refractivity contribution in [2.45, 2.75) is 13.0 Å². The Labute approximate surface area is 121 Å². The Kier molecular flexibility index (Phi) is 5.24. The van der Waals surface area contributed by atoms with Gasteiger partial charge in [-0.1, -0.05) is 17.9 Å². The third-order valence-electron chi connectivity index (χ3n) is 2.57. The maximum absolute atomic E-state index is 13.1. The third kappa shape index (κ3) is 4.55. The maximum atomic E-state index is 13.1. The number of ether oxygens (including phenoxy) is 1. The summed E-state index contributed by atoms with van der Waals surface area (Å²) < 4.78 is 31.3. The van der Waals surface area contributed by atoms with Gasteiger partial charge in [-0.05, 0) is 23.8 Å². The highest BCUT2D eigenvalue weighted by Gasteiger charge is 2.03. The van der Waals surface area contributed by atoms with Gasteiger partial charge in [-0.25, -0.2) is 8.78 Å². The largest absolute Gasteiger partial charge is 0.487 e. The Bertz CT molecular complexity index is 677. The van der Waals surface area contributed by atoms with Crippen molar-refractivity contribution in [1.82, 2.24) is 4.98 Å². The van der Waals surface area contributed by atoms with Gasteiger partial charge in [-0.2, -0.15) is 0 Å². The van der Waals surface area contributed by atoms with E-state index in [1.807, 2.05) is 0 Å². The zero-order valence-electron chi connectivity index (χ0n) is 11.1. The van der Waals surface area contributed by atoms with Gasteiger partial charge in [0.15, 0.2) is 11.6 Å². The molecule has 0 saturated heterocycles. The average molecular weight is 289 g/mol. The summed E-state index contributed by atoms with van der Waals surface area (Å²) in [5, 5.41) is 8.65. The SMILES string of the molecule is OCCC#Cc1cncc(OCc2ccc(F)c(F)c2)c1. The van der Waals surface area contributed by atoms with Crippen LogP contribution in [0.1, 0.15) is 17.5 Å². The number of nitrogens with zero attached hydrogens (tertiary/aromatic N) is 1. The second kappa shape index (κ2) is 7.36. The lowest BCUT2D eigenvalue weighted by Crippen LogP contribution is -1.98. The predicted molar refractivity (Wildman–Crippen MR) is 73.5 cm³/mol. The molecule has 1 heterocycles. The lowest BCUT2D eigenvalue weighted by molar-refractivity contribution is 0.303. The van der Waals surface area contributed by atoms with E-state index in [1.54, 1.807) is 12.3 Å². The zero-order valence-corrected chi connectivity index (χ0v) is 11.1. The first-order valence-corrected chi connectivity index (χ1v) is 6.30. The summed E-state index contributed by atoms with van der Waals surface area (Å²) in [6, 6.07) is 5.30. The summed E-state index contributed by atoms with van der Waals surface area (Å²) in [5.74, 6) is 4.31. The van der Waals surface area contributed by atoms with Crippen LogP contribution >= 0.6 is 0 Å². The van der Waals surface area contributed by atoms with Crippen LogP contribution in [-0.4, -0.2) is 16.7 Å². The topological polar surface area (TPSA) is 42.4 Å². The van der Waals surface area contributed by atoms with Gasteiger partial charge in [0.25, 0.3) is 0 Å². The molecule has 2 aromatic rings. The molecule has 0 atom stereocenters. The summed E-state index contributed by atoms with van der Waals surface area (Å²) in [5.41, 5.74) is 1.18. The Balaban J connectivity index is 2.01. The fourth-order valence-corrected chi connectivity index (χ4v) is 1.58. The quantitative estimate of drug-likeness (QED) is 0.880. The van der Waals surface area contributed by atoms with Crippen LogP contribution < -0.4 is 4.74 Å². The fraction of sp³-hybridized carbons (Fsp3) is 0.188. The number of pyridine rings is 1. The Morgan fingerprint density at radius 2 is 2.00 bits per heavy atom. The molecule has 0 amide bonds. The molecule has 108 valence electrons. The lowest BCUT2D eigenvalue weighted by Gasteiger charge is -2.06. The van der Waals surface area contributed by atoms with Gasteiger partial charge in [0.2, 0.25) is 0 Å². The summed E-state index contributed by atoms with van der Waals surface area (Å²) in [4.78, 5) is 3.98. The summed E-state index contributed by atoms with van der Waals surface area (Å²) in [7, 11) is 0. The molecule has 1 N–H and O–H groups in total. The maximum Gasteiger partial charge on any atom is 0.159 e. The van der Waals surface area contributed by atoms with Gasteiger partial charge < -0.3 is 9.84 Å². The van der Waals surface area contributed by atoms with E-state index in [-0.39, 0.29) is 13.2 Å². The first kappa shape index (κ1) is 14.9. The average Bonchev–Trinajstić information content (AvgIpc) is 2.49. The minimum atomic E-state index is -0.905. The van der Waals surface area contributed by atoms with Gasteiger partial charge in [-0.3, -0.25) is 4.98 Å². The summed E-state index contributed by atoms with van der Waals surface area (Å²) in [6.07, 6.45) is 3.48. The van der Waals surface area contributed by atoms with Crippen LogP contribution in [0.15, 0.2) is 36.7 Å². The molecule has 0 aliphatic carbocycles. The van der Waals surface area contributed by atoms with Crippen LogP contribution in [0, 0.1) is 23.5 Å².